The number of Topliss-reactive ketones (excluding diaryl/α,β-unsaturated/α-hetero) is 1. The van der Waals surface area contributed by atoms with Crippen molar-refractivity contribution in [1.82, 2.24) is 19.9 Å². The van der Waals surface area contributed by atoms with E-state index in [0.717, 1.165) is 46.7 Å². The number of allylic oxidation sites excluding steroid dienone is 2. The summed E-state index contributed by atoms with van der Waals surface area (Å²) in [5.41, 5.74) is 3.93. The summed E-state index contributed by atoms with van der Waals surface area (Å²) < 4.78 is 5.37. The monoisotopic (exact) mass is 437 g/mol. The zero-order chi connectivity index (χ0) is 23.2. The summed E-state index contributed by atoms with van der Waals surface area (Å²) in [7, 11) is 1.63. The Bertz CT molecular complexity index is 1310. The molecule has 0 radical (unpaired) electrons. The number of hydrogen-bond donors (Lipinski definition) is 0. The molecule has 5 rings (SSSR count). The van der Waals surface area contributed by atoms with Gasteiger partial charge in [-0.15, -0.1) is 0 Å². The molecule has 0 fully saturated rings. The first-order valence-corrected chi connectivity index (χ1v) is 10.9. The Morgan fingerprint density at radius 2 is 1.88 bits per heavy atom. The van der Waals surface area contributed by atoms with Crippen molar-refractivity contribution in [2.24, 2.45) is 11.8 Å². The van der Waals surface area contributed by atoms with E-state index >= 15 is 0 Å². The van der Waals surface area contributed by atoms with Gasteiger partial charge in [0.25, 0.3) is 0 Å². The van der Waals surface area contributed by atoms with Gasteiger partial charge in [-0.2, -0.15) is 5.26 Å². The SMILES string of the molecule is COc1ccc([C@]23C=C(C#N)C(=O)[C@@H](C)[C@@H]2CCc2c(-c4cncnc4)nc(C)nc23)cc1. The minimum Gasteiger partial charge on any atom is -0.497 e. The van der Waals surface area contributed by atoms with Crippen LogP contribution in [-0.2, 0) is 16.6 Å². The third-order valence-electron chi connectivity index (χ3n) is 6.98. The molecule has 0 amide bonds. The molecule has 0 saturated carbocycles. The molecular weight excluding hydrogens is 414 g/mol. The van der Waals surface area contributed by atoms with Crippen LogP contribution >= 0.6 is 0 Å². The van der Waals surface area contributed by atoms with E-state index in [9.17, 15) is 10.1 Å². The average molecular weight is 438 g/mol. The van der Waals surface area contributed by atoms with E-state index in [0.29, 0.717) is 5.82 Å². The molecule has 7 nitrogen and oxygen atoms in total. The first kappa shape index (κ1) is 21.0. The van der Waals surface area contributed by atoms with Crippen molar-refractivity contribution >= 4 is 5.78 Å². The number of methoxy groups -OCH3 is 1. The summed E-state index contributed by atoms with van der Waals surface area (Å²) in [5.74, 6) is 0.930. The van der Waals surface area contributed by atoms with Gasteiger partial charge in [0.05, 0.1) is 29.5 Å². The highest BCUT2D eigenvalue weighted by atomic mass is 16.5. The van der Waals surface area contributed by atoms with Crippen molar-refractivity contribution in [3.05, 3.63) is 77.3 Å². The van der Waals surface area contributed by atoms with Crippen LogP contribution in [0, 0.1) is 30.1 Å². The molecule has 3 atom stereocenters. The molecule has 0 unspecified atom stereocenters. The number of rotatable bonds is 3. The van der Waals surface area contributed by atoms with Crippen molar-refractivity contribution in [3.8, 4) is 23.1 Å². The predicted octanol–water partition coefficient (Wildman–Crippen LogP) is 3.77. The Kier molecular flexibility index (Phi) is 5.01. The van der Waals surface area contributed by atoms with Gasteiger partial charge < -0.3 is 4.74 Å². The Hall–Kier alpha value is -3.92. The molecule has 0 saturated heterocycles. The number of benzene rings is 1. The molecule has 1 aromatic carbocycles. The Morgan fingerprint density at radius 1 is 1.15 bits per heavy atom. The average Bonchev–Trinajstić information content (AvgIpc) is 2.86. The molecule has 3 aromatic rings. The largest absolute Gasteiger partial charge is 0.497 e. The molecule has 0 N–H and O–H groups in total. The summed E-state index contributed by atoms with van der Waals surface area (Å²) in [6, 6.07) is 10.00. The molecular formula is C26H23N5O2. The minimum absolute atomic E-state index is 0.0304. The Balaban J connectivity index is 1.86. The summed E-state index contributed by atoms with van der Waals surface area (Å²) in [6.45, 7) is 3.80. The normalized spacial score (nSPS) is 23.7. The van der Waals surface area contributed by atoms with Crippen molar-refractivity contribution in [2.75, 3.05) is 7.11 Å². The van der Waals surface area contributed by atoms with Crippen molar-refractivity contribution in [2.45, 2.75) is 32.1 Å². The fraction of sp³-hybridized carbons (Fsp3) is 0.308. The number of aromatic nitrogens is 4. The molecule has 2 heterocycles. The van der Waals surface area contributed by atoms with E-state index in [1.807, 2.05) is 44.2 Å². The lowest BCUT2D eigenvalue weighted by atomic mass is 9.54. The van der Waals surface area contributed by atoms with E-state index in [-0.39, 0.29) is 23.2 Å². The van der Waals surface area contributed by atoms with Crippen molar-refractivity contribution in [3.63, 3.8) is 0 Å². The van der Waals surface area contributed by atoms with Gasteiger partial charge in [0.2, 0.25) is 0 Å². The molecule has 2 aliphatic rings. The topological polar surface area (TPSA) is 102 Å². The van der Waals surface area contributed by atoms with Gasteiger partial charge in [0, 0.05) is 29.4 Å². The van der Waals surface area contributed by atoms with Crippen LogP contribution in [0.1, 0.15) is 36.0 Å². The lowest BCUT2D eigenvalue weighted by Crippen LogP contribution is -2.48. The quantitative estimate of drug-likeness (QED) is 0.615. The van der Waals surface area contributed by atoms with Crippen LogP contribution in [-0.4, -0.2) is 32.8 Å². The van der Waals surface area contributed by atoms with Crippen LogP contribution in [0.3, 0.4) is 0 Å². The van der Waals surface area contributed by atoms with E-state index in [1.54, 1.807) is 19.5 Å². The summed E-state index contributed by atoms with van der Waals surface area (Å²) >= 11 is 0. The molecule has 0 bridgehead atoms. The van der Waals surface area contributed by atoms with Gasteiger partial charge in [0.1, 0.15) is 24.0 Å². The van der Waals surface area contributed by atoms with Gasteiger partial charge in [-0.3, -0.25) is 4.79 Å². The number of carbonyl (C=O) groups is 1. The third-order valence-corrected chi connectivity index (χ3v) is 6.98. The summed E-state index contributed by atoms with van der Waals surface area (Å²) in [6.07, 6.45) is 8.35. The van der Waals surface area contributed by atoms with E-state index < -0.39 is 5.41 Å². The lowest BCUT2D eigenvalue weighted by molar-refractivity contribution is -0.121. The van der Waals surface area contributed by atoms with Gasteiger partial charge in [-0.25, -0.2) is 19.9 Å². The fourth-order valence-corrected chi connectivity index (χ4v) is 5.47. The maximum atomic E-state index is 13.0. The standard InChI is InChI=1S/C26H23N5O2/c1-15-22-9-8-21-23(18-12-28-14-29-13-18)30-16(2)31-25(21)26(22,10-17(11-27)24(15)32)19-4-6-20(33-3)7-5-19/h4-7,10,12-15,22H,8-9H2,1-3H3/t15-,22-,26+/m0/s1. The van der Waals surface area contributed by atoms with Crippen LogP contribution < -0.4 is 4.74 Å². The highest BCUT2D eigenvalue weighted by Crippen LogP contribution is 2.54. The molecule has 0 aliphatic heterocycles. The maximum absolute atomic E-state index is 13.0. The highest BCUT2D eigenvalue weighted by molar-refractivity contribution is 6.02. The number of aryl methyl sites for hydroxylation is 1. The smallest absolute Gasteiger partial charge is 0.176 e. The van der Waals surface area contributed by atoms with E-state index in [4.69, 9.17) is 14.7 Å². The first-order chi connectivity index (χ1) is 16.0. The van der Waals surface area contributed by atoms with Gasteiger partial charge >= 0.3 is 0 Å². The molecule has 164 valence electrons. The van der Waals surface area contributed by atoms with Gasteiger partial charge in [-0.1, -0.05) is 19.1 Å². The number of nitrogens with zero attached hydrogens (tertiary/aromatic N) is 5. The molecule has 2 aromatic heterocycles. The number of ether oxygens (including phenoxy) is 1. The number of ketones is 1. The predicted molar refractivity (Wildman–Crippen MR) is 121 cm³/mol. The first-order valence-electron chi connectivity index (χ1n) is 10.9. The number of fused-ring (bicyclic) bond motifs is 3. The zero-order valence-corrected chi connectivity index (χ0v) is 18.7. The Labute approximate surface area is 192 Å². The lowest BCUT2D eigenvalue weighted by Gasteiger charge is -2.48. The molecule has 33 heavy (non-hydrogen) atoms. The summed E-state index contributed by atoms with van der Waals surface area (Å²) in [4.78, 5) is 31.1. The minimum atomic E-state index is -0.726. The summed E-state index contributed by atoms with van der Waals surface area (Å²) in [5, 5.41) is 9.84. The van der Waals surface area contributed by atoms with Gasteiger partial charge in [-0.05, 0) is 49.5 Å². The highest BCUT2D eigenvalue weighted by Gasteiger charge is 2.53. The number of carbonyl (C=O) groups excluding carboxylic acids is 1. The van der Waals surface area contributed by atoms with Crippen molar-refractivity contribution < 1.29 is 9.53 Å². The van der Waals surface area contributed by atoms with E-state index in [1.165, 1.54) is 6.33 Å². The Morgan fingerprint density at radius 3 is 2.55 bits per heavy atom. The molecule has 2 aliphatic carbocycles. The molecule has 7 heteroatoms. The molecule has 0 spiro atoms. The second kappa shape index (κ2) is 7.89. The van der Waals surface area contributed by atoms with Crippen LogP contribution in [0.5, 0.6) is 5.75 Å². The van der Waals surface area contributed by atoms with Crippen LogP contribution in [0.15, 0.2) is 54.6 Å². The zero-order valence-electron chi connectivity index (χ0n) is 18.7. The number of nitriles is 1. The fourth-order valence-electron chi connectivity index (χ4n) is 5.47. The second-order valence-corrected chi connectivity index (χ2v) is 8.64. The van der Waals surface area contributed by atoms with E-state index in [2.05, 4.69) is 16.0 Å². The van der Waals surface area contributed by atoms with Crippen LogP contribution in [0.4, 0.5) is 0 Å². The maximum Gasteiger partial charge on any atom is 0.176 e. The van der Waals surface area contributed by atoms with Crippen molar-refractivity contribution in [1.29, 1.82) is 5.26 Å². The van der Waals surface area contributed by atoms with Crippen LogP contribution in [0.2, 0.25) is 0 Å². The number of hydrogen-bond acceptors (Lipinski definition) is 7. The van der Waals surface area contributed by atoms with Gasteiger partial charge in [0.15, 0.2) is 5.78 Å². The second-order valence-electron chi connectivity index (χ2n) is 8.64. The van der Waals surface area contributed by atoms with Crippen LogP contribution in [0.25, 0.3) is 11.3 Å². The third kappa shape index (κ3) is 3.13.